The lowest BCUT2D eigenvalue weighted by Crippen LogP contribution is -2.25. The minimum Gasteiger partial charge on any atom is -0.481 e. The van der Waals surface area contributed by atoms with Crippen LogP contribution in [0.4, 0.5) is 0 Å². The van der Waals surface area contributed by atoms with Crippen molar-refractivity contribution in [1.29, 1.82) is 0 Å². The highest BCUT2D eigenvalue weighted by Gasteiger charge is 2.20. The molecule has 0 heterocycles. The molecule has 100 valence electrons. The van der Waals surface area contributed by atoms with Gasteiger partial charge in [-0.2, -0.15) is 0 Å². The molecule has 0 aromatic heterocycles. The first kappa shape index (κ1) is 14.7. The molecule has 0 saturated carbocycles. The number of carbonyl (C=O) groups is 1. The monoisotopic (exact) mass is 250 g/mol. The van der Waals surface area contributed by atoms with Crippen LogP contribution in [0, 0.1) is 5.92 Å². The Balaban J connectivity index is 2.32. The van der Waals surface area contributed by atoms with Gasteiger partial charge in [-0.15, -0.1) is 0 Å². The first-order chi connectivity index (χ1) is 8.52. The van der Waals surface area contributed by atoms with E-state index in [4.69, 9.17) is 5.11 Å². The van der Waals surface area contributed by atoms with Crippen molar-refractivity contribution in [2.24, 2.45) is 5.92 Å². The smallest absolute Gasteiger partial charge is 0.308 e. The van der Waals surface area contributed by atoms with Crippen molar-refractivity contribution >= 4 is 5.97 Å². The highest BCUT2D eigenvalue weighted by atomic mass is 16.4. The third kappa shape index (κ3) is 4.49. The molecule has 3 atom stereocenters. The highest BCUT2D eigenvalue weighted by Crippen LogP contribution is 2.22. The van der Waals surface area contributed by atoms with Gasteiger partial charge < -0.3 is 10.2 Å². The van der Waals surface area contributed by atoms with E-state index in [0.717, 1.165) is 12.8 Å². The van der Waals surface area contributed by atoms with Gasteiger partial charge in [-0.3, -0.25) is 4.79 Å². The number of benzene rings is 1. The Kier molecular flexibility index (Phi) is 5.86. The Morgan fingerprint density at radius 3 is 2.33 bits per heavy atom. The molecule has 18 heavy (non-hydrogen) atoms. The number of aliphatic carboxylic acids is 1. The Labute approximate surface area is 108 Å². The van der Waals surface area contributed by atoms with Gasteiger partial charge in [0, 0.05) is 0 Å². The van der Waals surface area contributed by atoms with Crippen LogP contribution in [0.5, 0.6) is 0 Å². The minimum atomic E-state index is -0.932. The average molecular weight is 250 g/mol. The lowest BCUT2D eigenvalue weighted by molar-refractivity contribution is -0.144. The fourth-order valence-electron chi connectivity index (χ4n) is 2.00. The van der Waals surface area contributed by atoms with Gasteiger partial charge in [-0.1, -0.05) is 43.7 Å². The zero-order valence-electron chi connectivity index (χ0n) is 11.0. The van der Waals surface area contributed by atoms with Crippen LogP contribution in [-0.2, 0) is 4.79 Å². The molecule has 1 aromatic rings. The topological polar surface area (TPSA) is 57.5 Å². The van der Waals surface area contributed by atoms with Crippen LogP contribution in [0.1, 0.15) is 44.6 Å². The first-order valence-electron chi connectivity index (χ1n) is 6.48. The maximum absolute atomic E-state index is 10.7. The predicted octanol–water partition coefficient (Wildman–Crippen LogP) is 3.04. The number of hydrogen-bond donors (Lipinski definition) is 2. The van der Waals surface area contributed by atoms with Crippen molar-refractivity contribution in [1.82, 2.24) is 0 Å². The molecule has 0 aliphatic carbocycles. The molecule has 1 aromatic carbocycles. The van der Waals surface area contributed by atoms with Crippen molar-refractivity contribution in [3.63, 3.8) is 0 Å². The van der Waals surface area contributed by atoms with Gasteiger partial charge in [-0.25, -0.2) is 0 Å². The number of aliphatic hydroxyl groups excluding tert-OH is 1. The van der Waals surface area contributed by atoms with Gasteiger partial charge in [0.15, 0.2) is 0 Å². The summed E-state index contributed by atoms with van der Waals surface area (Å²) in [5, 5.41) is 18.5. The van der Waals surface area contributed by atoms with Crippen molar-refractivity contribution < 1.29 is 15.0 Å². The molecule has 0 aliphatic heterocycles. The molecule has 0 bridgehead atoms. The predicted molar refractivity (Wildman–Crippen MR) is 71.5 cm³/mol. The van der Waals surface area contributed by atoms with E-state index < -0.39 is 18.0 Å². The zero-order valence-corrected chi connectivity index (χ0v) is 11.0. The Hall–Kier alpha value is -1.35. The fourth-order valence-corrected chi connectivity index (χ4v) is 2.00. The molecule has 3 heteroatoms. The van der Waals surface area contributed by atoms with Crippen LogP contribution >= 0.6 is 0 Å². The van der Waals surface area contributed by atoms with E-state index in [1.54, 1.807) is 6.92 Å². The molecule has 0 radical (unpaired) electrons. The number of rotatable bonds is 7. The van der Waals surface area contributed by atoms with Crippen LogP contribution in [-0.4, -0.2) is 22.3 Å². The summed E-state index contributed by atoms with van der Waals surface area (Å²) in [5.74, 6) is -1.17. The van der Waals surface area contributed by atoms with E-state index >= 15 is 0 Å². The number of hydrogen-bond acceptors (Lipinski definition) is 2. The Morgan fingerprint density at radius 1 is 1.17 bits per heavy atom. The molecule has 0 saturated heterocycles. The molecular formula is C15H22O3. The summed E-state index contributed by atoms with van der Waals surface area (Å²) in [7, 11) is 0. The zero-order chi connectivity index (χ0) is 13.5. The van der Waals surface area contributed by atoms with Crippen LogP contribution in [0.2, 0.25) is 0 Å². The third-order valence-corrected chi connectivity index (χ3v) is 3.47. The standard InChI is InChI=1S/C15H22O3/c1-11(13-8-4-3-5-9-13)7-6-10-14(16)12(2)15(17)18/h3-5,8-9,11-12,14,16H,6-7,10H2,1-2H3,(H,17,18). The molecule has 3 unspecified atom stereocenters. The van der Waals surface area contributed by atoms with Gasteiger partial charge in [0.2, 0.25) is 0 Å². The Morgan fingerprint density at radius 2 is 1.78 bits per heavy atom. The molecule has 1 rings (SSSR count). The maximum atomic E-state index is 10.7. The summed E-state index contributed by atoms with van der Waals surface area (Å²) in [4.78, 5) is 10.7. The number of carboxylic acid groups (broad SMARTS) is 1. The summed E-state index contributed by atoms with van der Waals surface area (Å²) in [6.07, 6.45) is 1.61. The second-order valence-corrected chi connectivity index (χ2v) is 4.94. The van der Waals surface area contributed by atoms with Crippen LogP contribution in [0.25, 0.3) is 0 Å². The van der Waals surface area contributed by atoms with Gasteiger partial charge in [0.25, 0.3) is 0 Å². The van der Waals surface area contributed by atoms with Crippen molar-refractivity contribution in [3.05, 3.63) is 35.9 Å². The van der Waals surface area contributed by atoms with Crippen molar-refractivity contribution in [3.8, 4) is 0 Å². The lowest BCUT2D eigenvalue weighted by Gasteiger charge is -2.16. The molecular weight excluding hydrogens is 228 g/mol. The fraction of sp³-hybridized carbons (Fsp3) is 0.533. The van der Waals surface area contributed by atoms with E-state index in [1.807, 2.05) is 18.2 Å². The third-order valence-electron chi connectivity index (χ3n) is 3.47. The molecule has 0 fully saturated rings. The van der Waals surface area contributed by atoms with Gasteiger partial charge >= 0.3 is 5.97 Å². The average Bonchev–Trinajstić information content (AvgIpc) is 2.38. The molecule has 0 aliphatic rings. The number of carboxylic acids is 1. The van der Waals surface area contributed by atoms with Crippen molar-refractivity contribution in [2.75, 3.05) is 0 Å². The second kappa shape index (κ2) is 7.17. The van der Waals surface area contributed by atoms with Crippen molar-refractivity contribution in [2.45, 2.75) is 45.1 Å². The number of aliphatic hydroxyl groups is 1. The highest BCUT2D eigenvalue weighted by molar-refractivity contribution is 5.70. The van der Waals surface area contributed by atoms with Gasteiger partial charge in [0.05, 0.1) is 12.0 Å². The van der Waals surface area contributed by atoms with E-state index in [0.29, 0.717) is 12.3 Å². The van der Waals surface area contributed by atoms with Gasteiger partial charge in [-0.05, 0) is 31.2 Å². The summed E-state index contributed by atoms with van der Waals surface area (Å²) < 4.78 is 0. The van der Waals surface area contributed by atoms with Crippen LogP contribution in [0.3, 0.4) is 0 Å². The first-order valence-corrected chi connectivity index (χ1v) is 6.48. The summed E-state index contributed by atoms with van der Waals surface area (Å²) in [6, 6.07) is 10.2. The van der Waals surface area contributed by atoms with E-state index in [1.165, 1.54) is 5.56 Å². The van der Waals surface area contributed by atoms with Gasteiger partial charge in [0.1, 0.15) is 0 Å². The largest absolute Gasteiger partial charge is 0.481 e. The van der Waals surface area contributed by atoms with E-state index in [9.17, 15) is 9.90 Å². The van der Waals surface area contributed by atoms with E-state index in [2.05, 4.69) is 19.1 Å². The quantitative estimate of drug-likeness (QED) is 0.782. The van der Waals surface area contributed by atoms with Crippen LogP contribution in [0.15, 0.2) is 30.3 Å². The minimum absolute atomic E-state index is 0.443. The SMILES string of the molecule is CC(CCCC(O)C(C)C(=O)O)c1ccccc1. The summed E-state index contributed by atoms with van der Waals surface area (Å²) >= 11 is 0. The van der Waals surface area contributed by atoms with Crippen LogP contribution < -0.4 is 0 Å². The second-order valence-electron chi connectivity index (χ2n) is 4.94. The lowest BCUT2D eigenvalue weighted by atomic mass is 9.92. The Bertz CT molecular complexity index is 361. The maximum Gasteiger partial charge on any atom is 0.308 e. The van der Waals surface area contributed by atoms with E-state index in [-0.39, 0.29) is 0 Å². The summed E-state index contributed by atoms with van der Waals surface area (Å²) in [5.41, 5.74) is 1.29. The molecule has 2 N–H and O–H groups in total. The summed E-state index contributed by atoms with van der Waals surface area (Å²) in [6.45, 7) is 3.70. The molecule has 0 amide bonds. The normalized spacial score (nSPS) is 15.9. The molecule has 3 nitrogen and oxygen atoms in total. The molecule has 0 spiro atoms.